The third-order valence-electron chi connectivity index (χ3n) is 4.01. The molecule has 0 bridgehead atoms. The zero-order valence-corrected chi connectivity index (χ0v) is 14.9. The van der Waals surface area contributed by atoms with Crippen LogP contribution in [0, 0.1) is 6.92 Å². The molecule has 0 fully saturated rings. The second-order valence-electron chi connectivity index (χ2n) is 6.20. The molecule has 2 aromatic carbocycles. The maximum atomic E-state index is 12.5. The molecule has 0 spiro atoms. The van der Waals surface area contributed by atoms with E-state index in [0.717, 1.165) is 23.1 Å². The summed E-state index contributed by atoms with van der Waals surface area (Å²) in [4.78, 5) is 12.5. The SMILES string of the molecule is Cc1ccc(C(=O)N[C@H]2COc3ccccc3C2)cc1NS(C)(=O)=O. The lowest BCUT2D eigenvalue weighted by Gasteiger charge is -2.26. The first-order valence-electron chi connectivity index (χ1n) is 7.92. The molecule has 1 aliphatic heterocycles. The average molecular weight is 360 g/mol. The first kappa shape index (κ1) is 17.3. The lowest BCUT2D eigenvalue weighted by Crippen LogP contribution is -2.42. The van der Waals surface area contributed by atoms with Crippen molar-refractivity contribution in [1.29, 1.82) is 0 Å². The Morgan fingerprint density at radius 3 is 2.72 bits per heavy atom. The number of rotatable bonds is 4. The van der Waals surface area contributed by atoms with Gasteiger partial charge in [-0.3, -0.25) is 9.52 Å². The molecule has 25 heavy (non-hydrogen) atoms. The van der Waals surface area contributed by atoms with Gasteiger partial charge in [0.15, 0.2) is 0 Å². The van der Waals surface area contributed by atoms with Crippen LogP contribution in [-0.2, 0) is 16.4 Å². The van der Waals surface area contributed by atoms with E-state index in [4.69, 9.17) is 4.74 Å². The topological polar surface area (TPSA) is 84.5 Å². The van der Waals surface area contributed by atoms with E-state index in [2.05, 4.69) is 10.0 Å². The molecule has 2 N–H and O–H groups in total. The van der Waals surface area contributed by atoms with Crippen LogP contribution in [0.25, 0.3) is 0 Å². The van der Waals surface area contributed by atoms with Gasteiger partial charge >= 0.3 is 0 Å². The summed E-state index contributed by atoms with van der Waals surface area (Å²) in [5.41, 5.74) is 2.61. The number of anilines is 1. The van der Waals surface area contributed by atoms with Gasteiger partial charge in [-0.2, -0.15) is 0 Å². The number of aryl methyl sites for hydroxylation is 1. The second-order valence-corrected chi connectivity index (χ2v) is 7.95. The normalized spacial score (nSPS) is 16.5. The van der Waals surface area contributed by atoms with Crippen LogP contribution in [-0.4, -0.2) is 33.2 Å². The fourth-order valence-electron chi connectivity index (χ4n) is 2.76. The molecule has 1 atom stereocenters. The molecule has 0 aromatic heterocycles. The van der Waals surface area contributed by atoms with E-state index in [1.807, 2.05) is 24.3 Å². The fraction of sp³-hybridized carbons (Fsp3) is 0.278. The summed E-state index contributed by atoms with van der Waals surface area (Å²) < 4.78 is 31.0. The van der Waals surface area contributed by atoms with Gasteiger partial charge in [-0.15, -0.1) is 0 Å². The molecule has 1 aliphatic rings. The minimum Gasteiger partial charge on any atom is -0.491 e. The molecule has 0 aliphatic carbocycles. The zero-order chi connectivity index (χ0) is 18.0. The molecule has 6 nitrogen and oxygen atoms in total. The van der Waals surface area contributed by atoms with Gasteiger partial charge in [0.2, 0.25) is 10.0 Å². The van der Waals surface area contributed by atoms with Crippen LogP contribution in [0.4, 0.5) is 5.69 Å². The Balaban J connectivity index is 1.73. The number of nitrogens with one attached hydrogen (secondary N) is 2. The molecule has 0 saturated heterocycles. The van der Waals surface area contributed by atoms with Crippen molar-refractivity contribution < 1.29 is 17.9 Å². The Kier molecular flexibility index (Phi) is 4.67. The van der Waals surface area contributed by atoms with Crippen LogP contribution in [0.3, 0.4) is 0 Å². The third-order valence-corrected chi connectivity index (χ3v) is 4.60. The van der Waals surface area contributed by atoms with Crippen LogP contribution in [0.1, 0.15) is 21.5 Å². The zero-order valence-electron chi connectivity index (χ0n) is 14.1. The summed E-state index contributed by atoms with van der Waals surface area (Å²) >= 11 is 0. The number of ether oxygens (including phenoxy) is 1. The number of amides is 1. The molecule has 3 rings (SSSR count). The highest BCUT2D eigenvalue weighted by atomic mass is 32.2. The van der Waals surface area contributed by atoms with E-state index in [9.17, 15) is 13.2 Å². The number of hydrogen-bond donors (Lipinski definition) is 2. The van der Waals surface area contributed by atoms with Gasteiger partial charge in [0, 0.05) is 5.56 Å². The Hall–Kier alpha value is -2.54. The van der Waals surface area contributed by atoms with Crippen LogP contribution in [0.5, 0.6) is 5.75 Å². The molecule has 0 radical (unpaired) electrons. The van der Waals surface area contributed by atoms with Crippen molar-refractivity contribution in [2.75, 3.05) is 17.6 Å². The maximum absolute atomic E-state index is 12.5. The van der Waals surface area contributed by atoms with Crippen molar-refractivity contribution in [1.82, 2.24) is 5.32 Å². The molecule has 132 valence electrons. The number of benzene rings is 2. The van der Waals surface area contributed by atoms with E-state index in [1.165, 1.54) is 0 Å². The van der Waals surface area contributed by atoms with Crippen molar-refractivity contribution in [3.8, 4) is 5.75 Å². The number of carbonyl (C=O) groups excluding carboxylic acids is 1. The molecule has 0 unspecified atom stereocenters. The van der Waals surface area contributed by atoms with E-state index in [0.29, 0.717) is 24.3 Å². The molecule has 1 amide bonds. The van der Waals surface area contributed by atoms with Crippen molar-refractivity contribution in [2.45, 2.75) is 19.4 Å². The Morgan fingerprint density at radius 2 is 1.96 bits per heavy atom. The minimum absolute atomic E-state index is 0.130. The lowest BCUT2D eigenvalue weighted by molar-refractivity contribution is 0.0915. The Bertz CT molecular complexity index is 909. The highest BCUT2D eigenvalue weighted by molar-refractivity contribution is 7.92. The van der Waals surface area contributed by atoms with Crippen LogP contribution in [0.2, 0.25) is 0 Å². The van der Waals surface area contributed by atoms with E-state index >= 15 is 0 Å². The average Bonchev–Trinajstić information content (AvgIpc) is 2.55. The van der Waals surface area contributed by atoms with Gasteiger partial charge in [0.05, 0.1) is 18.0 Å². The molecule has 7 heteroatoms. The molecular formula is C18H20N2O4S. The monoisotopic (exact) mass is 360 g/mol. The number of sulfonamides is 1. The van der Waals surface area contributed by atoms with E-state index in [-0.39, 0.29) is 11.9 Å². The van der Waals surface area contributed by atoms with Crippen molar-refractivity contribution in [3.05, 3.63) is 59.2 Å². The van der Waals surface area contributed by atoms with Crippen molar-refractivity contribution in [3.63, 3.8) is 0 Å². The Morgan fingerprint density at radius 1 is 1.20 bits per heavy atom. The van der Waals surface area contributed by atoms with Crippen LogP contribution < -0.4 is 14.8 Å². The number of carbonyl (C=O) groups is 1. The Labute approximate surface area is 147 Å². The molecular weight excluding hydrogens is 340 g/mol. The number of hydrogen-bond acceptors (Lipinski definition) is 4. The highest BCUT2D eigenvalue weighted by Gasteiger charge is 2.22. The van der Waals surface area contributed by atoms with Gasteiger partial charge in [0.25, 0.3) is 5.91 Å². The van der Waals surface area contributed by atoms with Crippen LogP contribution in [0.15, 0.2) is 42.5 Å². The number of para-hydroxylation sites is 1. The second kappa shape index (κ2) is 6.76. The van der Waals surface area contributed by atoms with Gasteiger partial charge in [0.1, 0.15) is 12.4 Å². The minimum atomic E-state index is -3.40. The predicted molar refractivity (Wildman–Crippen MR) is 96.5 cm³/mol. The van der Waals surface area contributed by atoms with E-state index < -0.39 is 10.0 Å². The van der Waals surface area contributed by atoms with Crippen molar-refractivity contribution in [2.24, 2.45) is 0 Å². The standard InChI is InChI=1S/C18H20N2O4S/c1-12-7-8-14(10-16(12)20-25(2,22)23)18(21)19-15-9-13-5-3-4-6-17(13)24-11-15/h3-8,10,15,20H,9,11H2,1-2H3,(H,19,21)/t15-/m1/s1. The summed E-state index contributed by atoms with van der Waals surface area (Å²) in [7, 11) is -3.40. The molecule has 1 heterocycles. The summed E-state index contributed by atoms with van der Waals surface area (Å²) in [5.74, 6) is 0.590. The first-order chi connectivity index (χ1) is 11.8. The highest BCUT2D eigenvalue weighted by Crippen LogP contribution is 2.24. The van der Waals surface area contributed by atoms with Crippen molar-refractivity contribution >= 4 is 21.6 Å². The molecule has 0 saturated carbocycles. The predicted octanol–water partition coefficient (Wildman–Crippen LogP) is 2.10. The van der Waals surface area contributed by atoms with Crippen LogP contribution >= 0.6 is 0 Å². The quantitative estimate of drug-likeness (QED) is 0.874. The smallest absolute Gasteiger partial charge is 0.251 e. The first-order valence-corrected chi connectivity index (χ1v) is 9.81. The van der Waals surface area contributed by atoms with Gasteiger partial charge in [-0.25, -0.2) is 8.42 Å². The van der Waals surface area contributed by atoms with Gasteiger partial charge in [-0.05, 0) is 42.7 Å². The molecule has 2 aromatic rings. The van der Waals surface area contributed by atoms with E-state index in [1.54, 1.807) is 25.1 Å². The van der Waals surface area contributed by atoms with Gasteiger partial charge in [-0.1, -0.05) is 24.3 Å². The number of fused-ring (bicyclic) bond motifs is 1. The summed E-state index contributed by atoms with van der Waals surface area (Å²) in [6, 6.07) is 12.6. The summed E-state index contributed by atoms with van der Waals surface area (Å²) in [6.07, 6.45) is 1.78. The third kappa shape index (κ3) is 4.30. The fourth-order valence-corrected chi connectivity index (χ4v) is 3.38. The summed E-state index contributed by atoms with van der Waals surface area (Å²) in [5, 5.41) is 2.94. The largest absolute Gasteiger partial charge is 0.491 e. The summed E-state index contributed by atoms with van der Waals surface area (Å²) in [6.45, 7) is 2.18. The van der Waals surface area contributed by atoms with Gasteiger partial charge < -0.3 is 10.1 Å². The lowest BCUT2D eigenvalue weighted by atomic mass is 10.0. The maximum Gasteiger partial charge on any atom is 0.251 e.